The largest absolute Gasteiger partial charge is 0.460 e. The summed E-state index contributed by atoms with van der Waals surface area (Å²) >= 11 is 0. The first-order chi connectivity index (χ1) is 9.20. The molecule has 0 aromatic heterocycles. The second kappa shape index (κ2) is 8.05. The first-order valence-corrected chi connectivity index (χ1v) is 5.78. The van der Waals surface area contributed by atoms with Crippen LogP contribution in [0.4, 0.5) is 0 Å². The molecule has 0 aliphatic heterocycles. The summed E-state index contributed by atoms with van der Waals surface area (Å²) in [6.07, 6.45) is 2.84. The lowest BCUT2D eigenvalue weighted by Crippen LogP contribution is -2.14. The maximum absolute atomic E-state index is 11.8. The zero-order valence-electron chi connectivity index (χ0n) is 10.9. The lowest BCUT2D eigenvalue weighted by atomic mass is 10.1. The predicted molar refractivity (Wildman–Crippen MR) is 68.8 cm³/mol. The molecule has 0 heterocycles. The summed E-state index contributed by atoms with van der Waals surface area (Å²) < 4.78 is 14.6. The topological polar surface area (TPSA) is 61.8 Å². The monoisotopic (exact) mass is 264 g/mol. The van der Waals surface area contributed by atoms with Crippen molar-refractivity contribution in [3.05, 3.63) is 47.7 Å². The fourth-order valence-electron chi connectivity index (χ4n) is 1.33. The first-order valence-electron chi connectivity index (χ1n) is 5.78. The van der Waals surface area contributed by atoms with Crippen LogP contribution in [-0.2, 0) is 14.2 Å². The van der Waals surface area contributed by atoms with E-state index in [2.05, 4.69) is 0 Å². The van der Waals surface area contributed by atoms with E-state index in [-0.39, 0.29) is 17.7 Å². The predicted octanol–water partition coefficient (Wildman–Crippen LogP) is 2.18. The second-order valence-electron chi connectivity index (χ2n) is 3.55. The van der Waals surface area contributed by atoms with Gasteiger partial charge in [0.1, 0.15) is 6.61 Å². The Kier molecular flexibility index (Phi) is 6.32. The lowest BCUT2D eigenvalue weighted by Gasteiger charge is -2.07. The van der Waals surface area contributed by atoms with Crippen LogP contribution in [0.1, 0.15) is 27.6 Å². The van der Waals surface area contributed by atoms with E-state index in [1.165, 1.54) is 25.5 Å². The van der Waals surface area contributed by atoms with E-state index < -0.39 is 11.9 Å². The van der Waals surface area contributed by atoms with Gasteiger partial charge < -0.3 is 14.2 Å². The molecule has 5 heteroatoms. The van der Waals surface area contributed by atoms with Crippen molar-refractivity contribution in [2.24, 2.45) is 0 Å². The van der Waals surface area contributed by atoms with Crippen molar-refractivity contribution in [2.45, 2.75) is 6.92 Å². The van der Waals surface area contributed by atoms with Gasteiger partial charge in [-0.3, -0.25) is 0 Å². The Hall–Kier alpha value is -2.14. The molecule has 5 nitrogen and oxygen atoms in total. The minimum absolute atomic E-state index is 0.133. The smallest absolute Gasteiger partial charge is 0.343 e. The maximum Gasteiger partial charge on any atom is 0.343 e. The minimum Gasteiger partial charge on any atom is -0.460 e. The third kappa shape index (κ3) is 4.56. The minimum atomic E-state index is -0.600. The van der Waals surface area contributed by atoms with E-state index in [0.717, 1.165) is 0 Å². The zero-order chi connectivity index (χ0) is 14.1. The molecule has 0 saturated carbocycles. The van der Waals surface area contributed by atoms with Gasteiger partial charge in [0.25, 0.3) is 0 Å². The zero-order valence-corrected chi connectivity index (χ0v) is 10.9. The van der Waals surface area contributed by atoms with Crippen LogP contribution in [-0.4, -0.2) is 32.3 Å². The molecule has 1 aromatic rings. The molecule has 0 aliphatic carbocycles. The standard InChI is InChI=1S/C14H16O5/c1-3-8-18-13(15)11-6-4-5-7-12(11)14(16)19-10-9-17-2/h3-8H,9-10H2,1-2H3. The van der Waals surface area contributed by atoms with E-state index in [1.54, 1.807) is 25.1 Å². The van der Waals surface area contributed by atoms with Gasteiger partial charge in [0.2, 0.25) is 0 Å². The van der Waals surface area contributed by atoms with Crippen molar-refractivity contribution < 1.29 is 23.8 Å². The number of benzene rings is 1. The molecule has 0 atom stereocenters. The molecule has 0 bridgehead atoms. The van der Waals surface area contributed by atoms with Crippen LogP contribution in [0.5, 0.6) is 0 Å². The number of ether oxygens (including phenoxy) is 3. The Morgan fingerprint density at radius 3 is 2.32 bits per heavy atom. The van der Waals surface area contributed by atoms with Crippen LogP contribution in [0.15, 0.2) is 36.6 Å². The maximum atomic E-state index is 11.8. The Morgan fingerprint density at radius 1 is 1.11 bits per heavy atom. The summed E-state index contributed by atoms with van der Waals surface area (Å²) in [6, 6.07) is 6.33. The number of hydrogen-bond donors (Lipinski definition) is 0. The molecular weight excluding hydrogens is 248 g/mol. The molecule has 1 aromatic carbocycles. The summed E-state index contributed by atoms with van der Waals surface area (Å²) in [5.74, 6) is -1.18. The number of hydrogen-bond acceptors (Lipinski definition) is 5. The Bertz CT molecular complexity index is 465. The summed E-state index contributed by atoms with van der Waals surface area (Å²) in [5.41, 5.74) is 0.344. The Labute approximate surface area is 111 Å². The molecule has 0 unspecified atom stereocenters. The Balaban J connectivity index is 2.83. The van der Waals surface area contributed by atoms with Gasteiger partial charge in [0.15, 0.2) is 0 Å². The lowest BCUT2D eigenvalue weighted by molar-refractivity contribution is 0.0381. The average molecular weight is 264 g/mol. The van der Waals surface area contributed by atoms with Crippen LogP contribution >= 0.6 is 0 Å². The molecule has 0 saturated heterocycles. The third-order valence-electron chi connectivity index (χ3n) is 2.20. The summed E-state index contributed by atoms with van der Waals surface area (Å²) in [6.45, 7) is 2.16. The van der Waals surface area contributed by atoms with Crippen molar-refractivity contribution >= 4 is 11.9 Å². The number of methoxy groups -OCH3 is 1. The fraction of sp³-hybridized carbons (Fsp3) is 0.286. The fourth-order valence-corrected chi connectivity index (χ4v) is 1.33. The van der Waals surface area contributed by atoms with Crippen molar-refractivity contribution in [3.63, 3.8) is 0 Å². The van der Waals surface area contributed by atoms with Crippen LogP contribution in [0, 0.1) is 0 Å². The SMILES string of the molecule is CC=COC(=O)c1ccccc1C(=O)OCCOC. The van der Waals surface area contributed by atoms with Crippen LogP contribution in [0.25, 0.3) is 0 Å². The molecule has 1 rings (SSSR count). The van der Waals surface area contributed by atoms with Crippen LogP contribution in [0.2, 0.25) is 0 Å². The van der Waals surface area contributed by atoms with E-state index in [4.69, 9.17) is 14.2 Å². The highest BCUT2D eigenvalue weighted by atomic mass is 16.6. The highest BCUT2D eigenvalue weighted by Gasteiger charge is 2.18. The number of allylic oxidation sites excluding steroid dienone is 1. The van der Waals surface area contributed by atoms with Gasteiger partial charge in [-0.1, -0.05) is 18.2 Å². The molecule has 0 N–H and O–H groups in total. The van der Waals surface area contributed by atoms with Gasteiger partial charge in [-0.05, 0) is 19.1 Å². The van der Waals surface area contributed by atoms with Crippen molar-refractivity contribution in [3.8, 4) is 0 Å². The second-order valence-corrected chi connectivity index (χ2v) is 3.55. The average Bonchev–Trinajstić information content (AvgIpc) is 2.45. The van der Waals surface area contributed by atoms with E-state index in [9.17, 15) is 9.59 Å². The van der Waals surface area contributed by atoms with E-state index in [0.29, 0.717) is 6.61 Å². The summed E-state index contributed by atoms with van der Waals surface area (Å²) in [4.78, 5) is 23.6. The van der Waals surface area contributed by atoms with Gasteiger partial charge in [-0.15, -0.1) is 0 Å². The van der Waals surface area contributed by atoms with E-state index >= 15 is 0 Å². The molecule has 0 fully saturated rings. The molecular formula is C14H16O5. The van der Waals surface area contributed by atoms with Gasteiger partial charge >= 0.3 is 11.9 Å². The number of carbonyl (C=O) groups is 2. The normalized spacial score (nSPS) is 10.4. The molecule has 102 valence electrons. The number of esters is 2. The summed E-state index contributed by atoms with van der Waals surface area (Å²) in [7, 11) is 1.51. The highest BCUT2D eigenvalue weighted by Crippen LogP contribution is 2.12. The van der Waals surface area contributed by atoms with Gasteiger partial charge in [-0.2, -0.15) is 0 Å². The quantitative estimate of drug-likeness (QED) is 0.447. The van der Waals surface area contributed by atoms with Gasteiger partial charge in [0, 0.05) is 7.11 Å². The van der Waals surface area contributed by atoms with Crippen molar-refractivity contribution in [1.29, 1.82) is 0 Å². The highest BCUT2D eigenvalue weighted by molar-refractivity contribution is 6.03. The molecule has 0 amide bonds. The van der Waals surface area contributed by atoms with Crippen LogP contribution in [0.3, 0.4) is 0 Å². The molecule has 19 heavy (non-hydrogen) atoms. The van der Waals surface area contributed by atoms with Crippen LogP contribution < -0.4 is 0 Å². The van der Waals surface area contributed by atoms with Crippen molar-refractivity contribution in [2.75, 3.05) is 20.3 Å². The first kappa shape index (κ1) is 14.9. The van der Waals surface area contributed by atoms with Gasteiger partial charge in [0.05, 0.1) is 24.0 Å². The van der Waals surface area contributed by atoms with E-state index in [1.807, 2.05) is 0 Å². The molecule has 0 spiro atoms. The van der Waals surface area contributed by atoms with Crippen molar-refractivity contribution in [1.82, 2.24) is 0 Å². The third-order valence-corrected chi connectivity index (χ3v) is 2.20. The summed E-state index contributed by atoms with van der Waals surface area (Å²) in [5, 5.41) is 0. The molecule has 0 radical (unpaired) electrons. The van der Waals surface area contributed by atoms with Gasteiger partial charge in [-0.25, -0.2) is 9.59 Å². The Morgan fingerprint density at radius 2 is 1.74 bits per heavy atom. The number of carbonyl (C=O) groups excluding carboxylic acids is 2. The molecule has 0 aliphatic rings. The number of rotatable bonds is 6.